The molecule has 0 radical (unpaired) electrons. The quantitative estimate of drug-likeness (QED) is 0.859. The molecular formula is C15H30N2OS. The molecule has 2 rings (SSSR count). The third-order valence-corrected chi connectivity index (χ3v) is 6.28. The van der Waals surface area contributed by atoms with E-state index < -0.39 is 10.8 Å². The lowest BCUT2D eigenvalue weighted by Crippen LogP contribution is -2.52. The lowest BCUT2D eigenvalue weighted by atomic mass is 9.81. The molecule has 1 aliphatic heterocycles. The number of nitrogens with zero attached hydrogens (tertiary/aromatic N) is 1. The van der Waals surface area contributed by atoms with Gasteiger partial charge < -0.3 is 10.2 Å². The summed E-state index contributed by atoms with van der Waals surface area (Å²) in [6, 6.07) is 0. The third-order valence-electron chi connectivity index (χ3n) is 4.91. The van der Waals surface area contributed by atoms with Crippen LogP contribution >= 0.6 is 0 Å². The summed E-state index contributed by atoms with van der Waals surface area (Å²) in [5.41, 5.74) is 0.392. The summed E-state index contributed by atoms with van der Waals surface area (Å²) in [7, 11) is -0.674. The van der Waals surface area contributed by atoms with E-state index in [4.69, 9.17) is 0 Å². The minimum Gasteiger partial charge on any atom is -0.310 e. The first kappa shape index (κ1) is 15.5. The lowest BCUT2D eigenvalue weighted by molar-refractivity contribution is 0.163. The molecule has 1 N–H and O–H groups in total. The first-order valence-electron chi connectivity index (χ1n) is 7.91. The van der Waals surface area contributed by atoms with Crippen LogP contribution in [0.15, 0.2) is 0 Å². The normalized spacial score (nSPS) is 27.9. The van der Waals surface area contributed by atoms with Crippen LogP contribution in [0, 0.1) is 0 Å². The zero-order valence-electron chi connectivity index (χ0n) is 12.6. The fourth-order valence-corrected chi connectivity index (χ4v) is 3.94. The molecule has 0 aromatic heterocycles. The molecule has 4 heteroatoms. The molecule has 1 heterocycles. The van der Waals surface area contributed by atoms with Gasteiger partial charge in [0.15, 0.2) is 0 Å². The molecule has 112 valence electrons. The maximum absolute atomic E-state index is 11.5. The van der Waals surface area contributed by atoms with Crippen LogP contribution in [-0.4, -0.2) is 52.3 Å². The van der Waals surface area contributed by atoms with Gasteiger partial charge in [0.2, 0.25) is 0 Å². The van der Waals surface area contributed by atoms with Crippen LogP contribution in [0.1, 0.15) is 51.9 Å². The van der Waals surface area contributed by atoms with Crippen molar-refractivity contribution in [3.8, 4) is 0 Å². The van der Waals surface area contributed by atoms with Crippen LogP contribution < -0.4 is 5.32 Å². The van der Waals surface area contributed by atoms with Gasteiger partial charge >= 0.3 is 0 Å². The molecule has 2 unspecified atom stereocenters. The Bertz CT molecular complexity index is 303. The van der Waals surface area contributed by atoms with Gasteiger partial charge in [0.05, 0.1) is 0 Å². The van der Waals surface area contributed by atoms with Crippen molar-refractivity contribution in [2.75, 3.05) is 32.4 Å². The molecule has 0 aromatic carbocycles. The van der Waals surface area contributed by atoms with Crippen LogP contribution in [0.3, 0.4) is 0 Å². The number of nitrogens with one attached hydrogen (secondary N) is 1. The summed E-state index contributed by atoms with van der Waals surface area (Å²) < 4.78 is 11.5. The second-order valence-corrected chi connectivity index (χ2v) is 8.30. The zero-order chi connectivity index (χ0) is 13.7. The van der Waals surface area contributed by atoms with Crippen molar-refractivity contribution in [1.82, 2.24) is 10.2 Å². The number of rotatable bonds is 4. The Morgan fingerprint density at radius 1 is 1.26 bits per heavy atom. The molecule has 1 aliphatic carbocycles. The number of hydrogen-bond donors (Lipinski definition) is 1. The zero-order valence-corrected chi connectivity index (χ0v) is 13.4. The van der Waals surface area contributed by atoms with Gasteiger partial charge in [-0.25, -0.2) is 0 Å². The molecule has 2 fully saturated rings. The second kappa shape index (κ2) is 7.19. The van der Waals surface area contributed by atoms with Gasteiger partial charge in [-0.1, -0.05) is 26.2 Å². The second-order valence-electron chi connectivity index (χ2n) is 6.50. The summed E-state index contributed by atoms with van der Waals surface area (Å²) in [5.74, 6) is 0. The molecule has 1 spiro atoms. The van der Waals surface area contributed by atoms with E-state index >= 15 is 0 Å². The predicted octanol–water partition coefficient (Wildman–Crippen LogP) is 2.14. The molecule has 1 saturated heterocycles. The van der Waals surface area contributed by atoms with Crippen molar-refractivity contribution in [2.45, 2.75) is 62.7 Å². The Morgan fingerprint density at radius 3 is 2.68 bits per heavy atom. The van der Waals surface area contributed by atoms with Gasteiger partial charge in [0.1, 0.15) is 0 Å². The van der Waals surface area contributed by atoms with Crippen molar-refractivity contribution in [1.29, 1.82) is 0 Å². The van der Waals surface area contributed by atoms with E-state index in [1.807, 2.05) is 6.26 Å². The molecule has 0 aromatic rings. The first-order valence-corrected chi connectivity index (χ1v) is 9.53. The maximum atomic E-state index is 11.5. The van der Waals surface area contributed by atoms with Crippen molar-refractivity contribution in [2.24, 2.45) is 0 Å². The maximum Gasteiger partial charge on any atom is 0.0329 e. The Hall–Kier alpha value is 0.0700. The largest absolute Gasteiger partial charge is 0.310 e. The summed E-state index contributed by atoms with van der Waals surface area (Å²) >= 11 is 0. The lowest BCUT2D eigenvalue weighted by Gasteiger charge is -2.40. The number of hydrogen-bond acceptors (Lipinski definition) is 3. The summed E-state index contributed by atoms with van der Waals surface area (Å²) in [6.45, 7) is 6.81. The smallest absolute Gasteiger partial charge is 0.0329 e. The van der Waals surface area contributed by atoms with E-state index in [-0.39, 0.29) is 0 Å². The highest BCUT2D eigenvalue weighted by atomic mass is 32.2. The summed E-state index contributed by atoms with van der Waals surface area (Å²) in [6.07, 6.45) is 11.0. The summed E-state index contributed by atoms with van der Waals surface area (Å²) in [5, 5.41) is 4.17. The van der Waals surface area contributed by atoms with Gasteiger partial charge in [-0.2, -0.15) is 0 Å². The average Bonchev–Trinajstić information content (AvgIpc) is 2.59. The molecule has 0 amide bonds. The van der Waals surface area contributed by atoms with Crippen molar-refractivity contribution in [3.63, 3.8) is 0 Å². The van der Waals surface area contributed by atoms with Gasteiger partial charge in [-0.15, -0.1) is 0 Å². The van der Waals surface area contributed by atoms with Crippen LogP contribution in [0.4, 0.5) is 0 Å². The van der Waals surface area contributed by atoms with Gasteiger partial charge in [-0.05, 0) is 45.3 Å². The van der Waals surface area contributed by atoms with E-state index in [9.17, 15) is 4.21 Å². The SMILES string of the molecule is CC(CCN1CCCNC2(CCCCC2)C1)S(C)=O. The highest BCUT2D eigenvalue weighted by Crippen LogP contribution is 2.30. The van der Waals surface area contributed by atoms with Crippen molar-refractivity contribution >= 4 is 10.8 Å². The molecule has 2 aliphatic rings. The molecule has 19 heavy (non-hydrogen) atoms. The molecule has 1 saturated carbocycles. The minimum atomic E-state index is -0.674. The fraction of sp³-hybridized carbons (Fsp3) is 1.00. The highest BCUT2D eigenvalue weighted by Gasteiger charge is 2.34. The van der Waals surface area contributed by atoms with E-state index in [0.29, 0.717) is 10.8 Å². The third kappa shape index (κ3) is 4.54. The Kier molecular flexibility index (Phi) is 5.85. The Morgan fingerprint density at radius 2 is 2.00 bits per heavy atom. The van der Waals surface area contributed by atoms with E-state index in [0.717, 1.165) is 13.0 Å². The van der Waals surface area contributed by atoms with Gasteiger partial charge in [0.25, 0.3) is 0 Å². The monoisotopic (exact) mass is 286 g/mol. The van der Waals surface area contributed by atoms with E-state index in [1.165, 1.54) is 58.2 Å². The molecule has 0 bridgehead atoms. The Labute approximate surface area is 121 Å². The predicted molar refractivity (Wildman–Crippen MR) is 83.0 cm³/mol. The van der Waals surface area contributed by atoms with E-state index in [1.54, 1.807) is 0 Å². The summed E-state index contributed by atoms with van der Waals surface area (Å²) in [4.78, 5) is 2.62. The molecular weight excluding hydrogens is 256 g/mol. The van der Waals surface area contributed by atoms with Gasteiger partial charge in [0, 0.05) is 34.4 Å². The first-order chi connectivity index (χ1) is 9.11. The molecule has 3 nitrogen and oxygen atoms in total. The topological polar surface area (TPSA) is 32.3 Å². The standard InChI is InChI=1S/C15H30N2OS/c1-14(19(2)18)7-12-17-11-6-10-16-15(13-17)8-4-3-5-9-15/h14,16H,3-13H2,1-2H3. The van der Waals surface area contributed by atoms with Crippen molar-refractivity contribution in [3.05, 3.63) is 0 Å². The van der Waals surface area contributed by atoms with E-state index in [2.05, 4.69) is 17.1 Å². The average molecular weight is 286 g/mol. The van der Waals surface area contributed by atoms with Crippen LogP contribution in [0.5, 0.6) is 0 Å². The van der Waals surface area contributed by atoms with Crippen LogP contribution in [-0.2, 0) is 10.8 Å². The van der Waals surface area contributed by atoms with Crippen molar-refractivity contribution < 1.29 is 4.21 Å². The fourth-order valence-electron chi connectivity index (χ4n) is 3.50. The minimum absolute atomic E-state index is 0.332. The van der Waals surface area contributed by atoms with Gasteiger partial charge in [-0.3, -0.25) is 4.21 Å². The van der Waals surface area contributed by atoms with Crippen LogP contribution in [0.25, 0.3) is 0 Å². The Balaban J connectivity index is 1.87. The molecule has 2 atom stereocenters. The highest BCUT2D eigenvalue weighted by molar-refractivity contribution is 7.84. The van der Waals surface area contributed by atoms with Crippen LogP contribution in [0.2, 0.25) is 0 Å².